The van der Waals surface area contributed by atoms with E-state index in [4.69, 9.17) is 15.2 Å². The highest BCUT2D eigenvalue weighted by Crippen LogP contribution is 2.28. The van der Waals surface area contributed by atoms with Gasteiger partial charge in [0, 0.05) is 11.3 Å². The summed E-state index contributed by atoms with van der Waals surface area (Å²) in [7, 11) is 1.30. The number of hydrogen-bond acceptors (Lipinski definition) is 5. The minimum atomic E-state index is -0.494. The van der Waals surface area contributed by atoms with Gasteiger partial charge >= 0.3 is 5.97 Å². The summed E-state index contributed by atoms with van der Waals surface area (Å²) in [5, 5.41) is 2.79. The molecule has 1 amide bonds. The number of hydrogen-bond donors (Lipinski definition) is 2. The first-order valence-corrected chi connectivity index (χ1v) is 7.88. The summed E-state index contributed by atoms with van der Waals surface area (Å²) in [5.74, 6) is -0.357. The lowest BCUT2D eigenvalue weighted by Gasteiger charge is -2.16. The first-order valence-electron chi connectivity index (χ1n) is 7.88. The number of esters is 1. The van der Waals surface area contributed by atoms with Gasteiger partial charge in [0.15, 0.2) is 0 Å². The number of benzene rings is 2. The largest absolute Gasteiger partial charge is 0.489 e. The number of anilines is 2. The first kappa shape index (κ1) is 18.3. The summed E-state index contributed by atoms with van der Waals surface area (Å²) >= 11 is 0. The average Bonchev–Trinajstić information content (AvgIpc) is 2.57. The second-order valence-electron chi connectivity index (χ2n) is 5.90. The van der Waals surface area contributed by atoms with Gasteiger partial charge in [-0.25, -0.2) is 4.79 Å². The fourth-order valence-corrected chi connectivity index (χ4v) is 2.30. The number of carbonyl (C=O) groups excluding carboxylic acids is 2. The summed E-state index contributed by atoms with van der Waals surface area (Å²) in [6, 6.07) is 9.87. The number of aryl methyl sites for hydroxylation is 1. The van der Waals surface area contributed by atoms with E-state index in [2.05, 4.69) is 5.32 Å². The number of nitrogens with one attached hydrogen (secondary N) is 1. The quantitative estimate of drug-likeness (QED) is 0.642. The van der Waals surface area contributed by atoms with Crippen LogP contribution >= 0.6 is 0 Å². The van der Waals surface area contributed by atoms with E-state index in [-0.39, 0.29) is 12.0 Å². The molecule has 0 saturated heterocycles. The predicted octanol–water partition coefficient (Wildman–Crippen LogP) is 3.40. The van der Waals surface area contributed by atoms with Gasteiger partial charge in [-0.2, -0.15) is 0 Å². The summed E-state index contributed by atoms with van der Waals surface area (Å²) in [6.07, 6.45) is -0.0891. The van der Waals surface area contributed by atoms with Gasteiger partial charge in [0.2, 0.25) is 0 Å². The Kier molecular flexibility index (Phi) is 5.64. The van der Waals surface area contributed by atoms with Gasteiger partial charge in [-0.3, -0.25) is 4.79 Å². The van der Waals surface area contributed by atoms with E-state index in [0.29, 0.717) is 28.3 Å². The van der Waals surface area contributed by atoms with Gasteiger partial charge in [0.25, 0.3) is 5.91 Å². The number of carbonyl (C=O) groups is 2. The number of nitrogens with two attached hydrogens (primary N) is 1. The van der Waals surface area contributed by atoms with E-state index in [9.17, 15) is 9.59 Å². The molecule has 0 saturated carbocycles. The van der Waals surface area contributed by atoms with E-state index < -0.39 is 5.97 Å². The van der Waals surface area contributed by atoms with Crippen molar-refractivity contribution in [3.8, 4) is 5.75 Å². The SMILES string of the molecule is COC(=O)c1ccc(OC(C)C)c(NC(=O)c2cc(N)ccc2C)c1. The summed E-state index contributed by atoms with van der Waals surface area (Å²) in [4.78, 5) is 24.4. The summed E-state index contributed by atoms with van der Waals surface area (Å²) in [6.45, 7) is 5.58. The molecule has 0 aliphatic carbocycles. The van der Waals surface area contributed by atoms with Crippen molar-refractivity contribution in [2.45, 2.75) is 26.9 Å². The van der Waals surface area contributed by atoms with Crippen LogP contribution in [0, 0.1) is 6.92 Å². The Morgan fingerprint density at radius 2 is 1.84 bits per heavy atom. The van der Waals surface area contributed by atoms with Crippen LogP contribution in [0.3, 0.4) is 0 Å². The molecule has 2 rings (SSSR count). The van der Waals surface area contributed by atoms with Crippen molar-refractivity contribution in [1.82, 2.24) is 0 Å². The molecule has 0 unspecified atom stereocenters. The maximum atomic E-state index is 12.6. The lowest BCUT2D eigenvalue weighted by molar-refractivity contribution is 0.0600. The van der Waals surface area contributed by atoms with Gasteiger partial charge in [-0.05, 0) is 56.7 Å². The third-order valence-corrected chi connectivity index (χ3v) is 3.52. The molecule has 3 N–H and O–H groups in total. The van der Waals surface area contributed by atoms with Crippen molar-refractivity contribution in [2.75, 3.05) is 18.2 Å². The van der Waals surface area contributed by atoms with Crippen LogP contribution in [-0.4, -0.2) is 25.1 Å². The number of ether oxygens (including phenoxy) is 2. The highest BCUT2D eigenvalue weighted by molar-refractivity contribution is 6.07. The van der Waals surface area contributed by atoms with Crippen molar-refractivity contribution in [3.63, 3.8) is 0 Å². The molecule has 2 aromatic carbocycles. The fraction of sp³-hybridized carbons (Fsp3) is 0.263. The van der Waals surface area contributed by atoms with Gasteiger partial charge < -0.3 is 20.5 Å². The lowest BCUT2D eigenvalue weighted by atomic mass is 10.1. The maximum Gasteiger partial charge on any atom is 0.337 e. The number of methoxy groups -OCH3 is 1. The minimum Gasteiger partial charge on any atom is -0.489 e. The molecule has 6 nitrogen and oxygen atoms in total. The molecule has 132 valence electrons. The molecular weight excluding hydrogens is 320 g/mol. The molecule has 0 heterocycles. The van der Waals surface area contributed by atoms with E-state index in [0.717, 1.165) is 5.56 Å². The van der Waals surface area contributed by atoms with Crippen LogP contribution in [0.25, 0.3) is 0 Å². The van der Waals surface area contributed by atoms with Crippen LogP contribution in [0.1, 0.15) is 40.1 Å². The zero-order valence-electron chi connectivity index (χ0n) is 14.8. The van der Waals surface area contributed by atoms with Gasteiger partial charge in [-0.1, -0.05) is 6.07 Å². The summed E-state index contributed by atoms with van der Waals surface area (Å²) in [5.41, 5.74) is 8.23. The van der Waals surface area contributed by atoms with E-state index in [1.807, 2.05) is 20.8 Å². The molecule has 2 aromatic rings. The van der Waals surface area contributed by atoms with Crippen LogP contribution in [0.15, 0.2) is 36.4 Å². The van der Waals surface area contributed by atoms with Crippen LogP contribution in [0.5, 0.6) is 5.75 Å². The standard InChI is InChI=1S/C19H22N2O4/c1-11(2)25-17-8-6-13(19(23)24-4)9-16(17)21-18(22)15-10-14(20)7-5-12(15)3/h5-11H,20H2,1-4H3,(H,21,22). The van der Waals surface area contributed by atoms with Gasteiger partial charge in [0.1, 0.15) is 5.75 Å². The third-order valence-electron chi connectivity index (χ3n) is 3.52. The lowest BCUT2D eigenvalue weighted by Crippen LogP contribution is -2.16. The smallest absolute Gasteiger partial charge is 0.337 e. The molecule has 0 radical (unpaired) electrons. The predicted molar refractivity (Wildman–Crippen MR) is 97.1 cm³/mol. The molecule has 6 heteroatoms. The second-order valence-corrected chi connectivity index (χ2v) is 5.90. The molecule has 0 fully saturated rings. The Morgan fingerprint density at radius 1 is 1.12 bits per heavy atom. The van der Waals surface area contributed by atoms with Crippen molar-refractivity contribution in [3.05, 3.63) is 53.1 Å². The van der Waals surface area contributed by atoms with Crippen LogP contribution in [-0.2, 0) is 4.74 Å². The van der Waals surface area contributed by atoms with Crippen LogP contribution in [0.2, 0.25) is 0 Å². The topological polar surface area (TPSA) is 90.6 Å². The van der Waals surface area contributed by atoms with E-state index in [1.54, 1.807) is 30.3 Å². The Bertz CT molecular complexity index is 800. The maximum absolute atomic E-state index is 12.6. The van der Waals surface area contributed by atoms with Crippen LogP contribution in [0.4, 0.5) is 11.4 Å². The van der Waals surface area contributed by atoms with E-state index >= 15 is 0 Å². The summed E-state index contributed by atoms with van der Waals surface area (Å²) < 4.78 is 10.4. The van der Waals surface area contributed by atoms with E-state index in [1.165, 1.54) is 13.2 Å². The highest BCUT2D eigenvalue weighted by Gasteiger charge is 2.16. The highest BCUT2D eigenvalue weighted by atomic mass is 16.5. The Hall–Kier alpha value is -3.02. The monoisotopic (exact) mass is 342 g/mol. The first-order chi connectivity index (χ1) is 11.8. The molecule has 0 bridgehead atoms. The zero-order valence-corrected chi connectivity index (χ0v) is 14.8. The van der Waals surface area contributed by atoms with Crippen molar-refractivity contribution in [2.24, 2.45) is 0 Å². The zero-order chi connectivity index (χ0) is 18.6. The normalized spacial score (nSPS) is 10.4. The average molecular weight is 342 g/mol. The Morgan fingerprint density at radius 3 is 2.48 bits per heavy atom. The molecular formula is C19H22N2O4. The number of nitrogen functional groups attached to an aromatic ring is 1. The molecule has 0 aliphatic heterocycles. The number of rotatable bonds is 5. The van der Waals surface area contributed by atoms with Crippen molar-refractivity contribution in [1.29, 1.82) is 0 Å². The van der Waals surface area contributed by atoms with Gasteiger partial charge in [-0.15, -0.1) is 0 Å². The molecule has 0 aromatic heterocycles. The van der Waals surface area contributed by atoms with Gasteiger partial charge in [0.05, 0.1) is 24.5 Å². The molecule has 0 aliphatic rings. The second kappa shape index (κ2) is 7.70. The fourth-order valence-electron chi connectivity index (χ4n) is 2.30. The Balaban J connectivity index is 2.39. The Labute approximate surface area is 146 Å². The molecule has 0 spiro atoms. The van der Waals surface area contributed by atoms with Crippen molar-refractivity contribution >= 4 is 23.3 Å². The van der Waals surface area contributed by atoms with Crippen LogP contribution < -0.4 is 15.8 Å². The third kappa shape index (κ3) is 4.50. The minimum absolute atomic E-state index is 0.0891. The molecule has 25 heavy (non-hydrogen) atoms. The van der Waals surface area contributed by atoms with Crippen molar-refractivity contribution < 1.29 is 19.1 Å². The molecule has 0 atom stereocenters. The number of amides is 1.